The average Bonchev–Trinajstić information content (AvgIpc) is 3.31. The van der Waals surface area contributed by atoms with Crippen LogP contribution in [-0.4, -0.2) is 53.0 Å². The molecule has 1 aromatic heterocycles. The Kier molecular flexibility index (Phi) is 7.58. The van der Waals surface area contributed by atoms with Crippen molar-refractivity contribution in [2.24, 2.45) is 5.41 Å². The molecule has 5 rings (SSSR count). The molecule has 3 heterocycles. The maximum Gasteiger partial charge on any atom is 0.429 e. The summed E-state index contributed by atoms with van der Waals surface area (Å²) in [6.45, 7) is 1.25. The minimum atomic E-state index is -4.77. The summed E-state index contributed by atoms with van der Waals surface area (Å²) in [6, 6.07) is 4.96. The van der Waals surface area contributed by atoms with Crippen molar-refractivity contribution in [2.75, 3.05) is 25.5 Å². The molecule has 1 spiro atoms. The Bertz CT molecular complexity index is 1330. The number of carboxylic acid groups (broad SMARTS) is 1. The van der Waals surface area contributed by atoms with Gasteiger partial charge in [-0.3, -0.25) is 4.79 Å². The number of hydrogen-bond donors (Lipinski definition) is 3. The molecule has 208 valence electrons. The Hall–Kier alpha value is -3.15. The molecule has 2 aliphatic heterocycles. The quantitative estimate of drug-likeness (QED) is 0.438. The van der Waals surface area contributed by atoms with E-state index in [4.69, 9.17) is 26.8 Å². The predicted molar refractivity (Wildman–Crippen MR) is 139 cm³/mol. The zero-order valence-electron chi connectivity index (χ0n) is 20.9. The molecule has 8 nitrogen and oxygen atoms in total. The monoisotopic (exact) mass is 564 g/mol. The number of aromatic nitrogens is 2. The van der Waals surface area contributed by atoms with Gasteiger partial charge in [0.2, 0.25) is 17.9 Å². The molecule has 1 aliphatic carbocycles. The molecule has 0 radical (unpaired) electrons. The molecule has 1 fully saturated rings. The fraction of sp³-hybridized carbons (Fsp3) is 0.444. The number of hydrogen-bond acceptors (Lipinski definition) is 7. The van der Waals surface area contributed by atoms with Crippen LogP contribution in [0.2, 0.25) is 5.02 Å². The van der Waals surface area contributed by atoms with Crippen LogP contribution in [0.5, 0.6) is 5.88 Å². The van der Waals surface area contributed by atoms with E-state index in [0.29, 0.717) is 67.1 Å². The van der Waals surface area contributed by atoms with Gasteiger partial charge < -0.3 is 25.6 Å². The van der Waals surface area contributed by atoms with E-state index in [1.165, 1.54) is 24.3 Å². The van der Waals surface area contributed by atoms with Crippen LogP contribution < -0.4 is 15.8 Å². The van der Waals surface area contributed by atoms with Crippen molar-refractivity contribution < 1.29 is 32.5 Å². The minimum Gasteiger partial charge on any atom is -0.480 e. The molecule has 39 heavy (non-hydrogen) atoms. The standard InChI is InChI=1S/C27H28ClF3N4O4/c28-17-3-4-18(19(10-17)16-2-1-9-38-13-16)23(27(29,30)31)39-22-11-20(34-25(32)35-22)15-5-7-26(8-6-15)12-21(24(36)37)33-14-26/h2-5,10-11,21,23,33H,1,6-9,12-14H2,(H,36,37)(H2,32,34,35)/t21?,23-,26-/m1/s1. The zero-order chi connectivity index (χ0) is 27.8. The maximum atomic E-state index is 14.4. The number of alkyl halides is 3. The highest BCUT2D eigenvalue weighted by atomic mass is 35.5. The van der Waals surface area contributed by atoms with Gasteiger partial charge in [-0.2, -0.15) is 18.2 Å². The van der Waals surface area contributed by atoms with Gasteiger partial charge in [0.25, 0.3) is 0 Å². The largest absolute Gasteiger partial charge is 0.480 e. The molecular weight excluding hydrogens is 537 g/mol. The lowest BCUT2D eigenvalue weighted by atomic mass is 9.73. The molecule has 0 amide bonds. The lowest BCUT2D eigenvalue weighted by Gasteiger charge is -2.32. The minimum absolute atomic E-state index is 0.108. The van der Waals surface area contributed by atoms with Crippen LogP contribution in [-0.2, 0) is 9.53 Å². The molecule has 3 aliphatic rings. The van der Waals surface area contributed by atoms with Crippen molar-refractivity contribution >= 4 is 34.7 Å². The molecule has 0 saturated carbocycles. The first kappa shape index (κ1) is 27.4. The normalized spacial score (nSPS) is 24.3. The van der Waals surface area contributed by atoms with Crippen molar-refractivity contribution in [3.8, 4) is 5.88 Å². The van der Waals surface area contributed by atoms with Gasteiger partial charge in [-0.15, -0.1) is 0 Å². The number of nitrogen functional groups attached to an aromatic ring is 1. The van der Waals surface area contributed by atoms with Gasteiger partial charge in [0.05, 0.1) is 18.9 Å². The molecule has 12 heteroatoms. The summed E-state index contributed by atoms with van der Waals surface area (Å²) in [7, 11) is 0. The lowest BCUT2D eigenvalue weighted by molar-refractivity contribution is -0.198. The van der Waals surface area contributed by atoms with E-state index in [9.17, 15) is 23.1 Å². The number of aliphatic carboxylic acids is 1. The second-order valence-corrected chi connectivity index (χ2v) is 10.6. The van der Waals surface area contributed by atoms with Gasteiger partial charge in [-0.25, -0.2) is 4.98 Å². The number of benzene rings is 1. The molecule has 1 saturated heterocycles. The first-order chi connectivity index (χ1) is 18.5. The number of nitrogens with one attached hydrogen (secondary N) is 1. The average molecular weight is 565 g/mol. The number of halogens is 4. The van der Waals surface area contributed by atoms with Gasteiger partial charge in [0.15, 0.2) is 0 Å². The molecule has 1 aromatic carbocycles. The van der Waals surface area contributed by atoms with Crippen molar-refractivity contribution in [1.29, 1.82) is 0 Å². The Morgan fingerprint density at radius 3 is 2.72 bits per heavy atom. The summed E-state index contributed by atoms with van der Waals surface area (Å²) < 4.78 is 54.2. The fourth-order valence-electron chi connectivity index (χ4n) is 5.49. The number of carboxylic acids is 1. The zero-order valence-corrected chi connectivity index (χ0v) is 21.7. The Balaban J connectivity index is 1.43. The van der Waals surface area contributed by atoms with E-state index >= 15 is 0 Å². The highest BCUT2D eigenvalue weighted by Gasteiger charge is 2.45. The summed E-state index contributed by atoms with van der Waals surface area (Å²) in [5.74, 6) is -1.38. The number of anilines is 1. The third-order valence-electron chi connectivity index (χ3n) is 7.50. The smallest absolute Gasteiger partial charge is 0.429 e. The molecule has 2 aromatic rings. The Morgan fingerprint density at radius 1 is 1.26 bits per heavy atom. The summed E-state index contributed by atoms with van der Waals surface area (Å²) >= 11 is 6.14. The first-order valence-electron chi connectivity index (χ1n) is 12.6. The van der Waals surface area contributed by atoms with E-state index < -0.39 is 24.3 Å². The third-order valence-corrected chi connectivity index (χ3v) is 7.74. The number of carbonyl (C=O) groups is 1. The second kappa shape index (κ2) is 10.8. The third kappa shape index (κ3) is 6.05. The Morgan fingerprint density at radius 2 is 2.08 bits per heavy atom. The highest BCUT2D eigenvalue weighted by Crippen LogP contribution is 2.45. The second-order valence-electron chi connectivity index (χ2n) is 10.2. The van der Waals surface area contributed by atoms with E-state index in [2.05, 4.69) is 15.3 Å². The topological polar surface area (TPSA) is 120 Å². The summed E-state index contributed by atoms with van der Waals surface area (Å²) in [5, 5.41) is 12.7. The van der Waals surface area contributed by atoms with Crippen LogP contribution in [0.3, 0.4) is 0 Å². The van der Waals surface area contributed by atoms with Crippen LogP contribution >= 0.6 is 11.6 Å². The van der Waals surface area contributed by atoms with Gasteiger partial charge in [-0.05, 0) is 66.4 Å². The molecule has 4 N–H and O–H groups in total. The molecule has 3 atom stereocenters. The summed E-state index contributed by atoms with van der Waals surface area (Å²) in [4.78, 5) is 19.5. The van der Waals surface area contributed by atoms with E-state index in [1.807, 2.05) is 12.2 Å². The fourth-order valence-corrected chi connectivity index (χ4v) is 5.66. The highest BCUT2D eigenvalue weighted by molar-refractivity contribution is 6.30. The molecule has 0 bridgehead atoms. The van der Waals surface area contributed by atoms with E-state index in [-0.39, 0.29) is 29.4 Å². The number of allylic oxidation sites excluding steroid dienone is 2. The lowest BCUT2D eigenvalue weighted by Crippen LogP contribution is -2.30. The molecular formula is C27H28ClF3N4O4. The van der Waals surface area contributed by atoms with Crippen LogP contribution in [0.4, 0.5) is 19.1 Å². The van der Waals surface area contributed by atoms with E-state index in [0.717, 1.165) is 5.57 Å². The van der Waals surface area contributed by atoms with E-state index in [1.54, 1.807) is 0 Å². The van der Waals surface area contributed by atoms with Gasteiger partial charge in [0.1, 0.15) is 6.04 Å². The number of nitrogens with zero attached hydrogens (tertiary/aromatic N) is 2. The van der Waals surface area contributed by atoms with Gasteiger partial charge in [-0.1, -0.05) is 29.8 Å². The van der Waals surface area contributed by atoms with Crippen molar-refractivity contribution in [2.45, 2.75) is 50.4 Å². The Labute approximate surface area is 228 Å². The van der Waals surface area contributed by atoms with Crippen LogP contribution in [0.25, 0.3) is 11.1 Å². The van der Waals surface area contributed by atoms with Gasteiger partial charge in [0, 0.05) is 23.2 Å². The van der Waals surface area contributed by atoms with Crippen molar-refractivity contribution in [1.82, 2.24) is 15.3 Å². The SMILES string of the molecule is Nc1nc(O[C@H](c2ccc(Cl)cc2C2=CCCOC2)C(F)(F)F)cc(C2=CC[C@]3(CC2)CNC(C(=O)O)C3)n1. The summed E-state index contributed by atoms with van der Waals surface area (Å²) in [5.41, 5.74) is 7.71. The number of ether oxygens (including phenoxy) is 2. The van der Waals surface area contributed by atoms with Crippen molar-refractivity contribution in [3.05, 3.63) is 58.3 Å². The number of rotatable bonds is 6. The van der Waals surface area contributed by atoms with Gasteiger partial charge >= 0.3 is 12.1 Å². The molecule has 1 unspecified atom stereocenters. The van der Waals surface area contributed by atoms with Crippen LogP contribution in [0.15, 0.2) is 36.4 Å². The number of nitrogens with two attached hydrogens (primary N) is 1. The first-order valence-corrected chi connectivity index (χ1v) is 13.0. The predicted octanol–water partition coefficient (Wildman–Crippen LogP) is 5.20. The van der Waals surface area contributed by atoms with Crippen LogP contribution in [0, 0.1) is 5.41 Å². The summed E-state index contributed by atoms with van der Waals surface area (Å²) in [6.07, 6.45) is -0.313. The maximum absolute atomic E-state index is 14.4. The van der Waals surface area contributed by atoms with Crippen LogP contribution in [0.1, 0.15) is 55.0 Å². The van der Waals surface area contributed by atoms with Crippen molar-refractivity contribution in [3.63, 3.8) is 0 Å².